The Morgan fingerprint density at radius 1 is 0.756 bits per heavy atom. The third-order valence-electron chi connectivity index (χ3n) is 6.10. The number of nitrogens with one attached hydrogen (secondary N) is 4. The molecule has 0 aliphatic heterocycles. The number of rotatable bonds is 17. The van der Waals surface area contributed by atoms with Crippen LogP contribution in [0.2, 0.25) is 0 Å². The Balaban J connectivity index is 2.31. The van der Waals surface area contributed by atoms with Gasteiger partial charge in [-0.05, 0) is 24.5 Å². The van der Waals surface area contributed by atoms with Crippen LogP contribution >= 0.6 is 0 Å². The Hall–Kier alpha value is -4.99. The lowest BCUT2D eigenvalue weighted by Gasteiger charge is -2.25. The molecule has 6 amide bonds. The number of aliphatic carboxylic acids is 1. The molecule has 0 aliphatic rings. The SMILES string of the molecule is NC(=O)CCC(NC(=O)C(CCC(N)=O)NC(=O)C(Cc1c[nH]c2ccccc12)NC(=O)C(N)CC(N)=O)C(=O)O. The number of primary amides is 3. The second kappa shape index (κ2) is 15.0. The number of hydrogen-bond donors (Lipinski definition) is 9. The number of para-hydroxylation sites is 1. The Morgan fingerprint density at radius 3 is 1.88 bits per heavy atom. The van der Waals surface area contributed by atoms with Crippen molar-refractivity contribution in [2.75, 3.05) is 0 Å². The summed E-state index contributed by atoms with van der Waals surface area (Å²) < 4.78 is 0. The van der Waals surface area contributed by atoms with Crippen LogP contribution in [0.5, 0.6) is 0 Å². The van der Waals surface area contributed by atoms with E-state index in [2.05, 4.69) is 20.9 Å². The number of hydrogen-bond acceptors (Lipinski definition) is 8. The van der Waals surface area contributed by atoms with Crippen molar-refractivity contribution in [3.63, 3.8) is 0 Å². The van der Waals surface area contributed by atoms with Gasteiger partial charge in [0, 0.05) is 36.4 Å². The average molecular weight is 575 g/mol. The summed E-state index contributed by atoms with van der Waals surface area (Å²) in [5, 5.41) is 17.3. The standard InChI is InChI=1S/C25H34N8O8/c26-14(10-21(29)36)22(37)33-18(9-12-11-30-15-4-2-1-3-13(12)15)24(39)31-16(5-7-19(27)34)23(38)32-17(25(40)41)6-8-20(28)35/h1-4,11,14,16-18,30H,5-10,26H2,(H2,27,34)(H2,28,35)(H2,29,36)(H,31,39)(H,32,38)(H,33,37)(H,40,41). The first-order chi connectivity index (χ1) is 19.3. The zero-order valence-electron chi connectivity index (χ0n) is 22.1. The molecule has 1 heterocycles. The molecule has 0 saturated carbocycles. The summed E-state index contributed by atoms with van der Waals surface area (Å²) in [6, 6.07) is 1.51. The normalized spacial score (nSPS) is 13.8. The molecule has 1 aromatic carbocycles. The minimum Gasteiger partial charge on any atom is -0.480 e. The Labute approximate surface area is 233 Å². The van der Waals surface area contributed by atoms with Crippen LogP contribution in [-0.2, 0) is 40.0 Å². The van der Waals surface area contributed by atoms with E-state index in [0.29, 0.717) is 5.56 Å². The first-order valence-corrected chi connectivity index (χ1v) is 12.6. The Morgan fingerprint density at radius 2 is 1.29 bits per heavy atom. The van der Waals surface area contributed by atoms with Crippen LogP contribution in [-0.4, -0.2) is 75.7 Å². The highest BCUT2D eigenvalue weighted by atomic mass is 16.4. The van der Waals surface area contributed by atoms with E-state index in [0.717, 1.165) is 10.9 Å². The number of carbonyl (C=O) groups is 7. The number of carbonyl (C=O) groups excluding carboxylic acids is 6. The van der Waals surface area contributed by atoms with Crippen LogP contribution < -0.4 is 38.9 Å². The number of amides is 6. The minimum atomic E-state index is -1.52. The number of carboxylic acid groups (broad SMARTS) is 1. The van der Waals surface area contributed by atoms with Gasteiger partial charge < -0.3 is 49.0 Å². The number of benzene rings is 1. The van der Waals surface area contributed by atoms with Crippen LogP contribution in [0.3, 0.4) is 0 Å². The van der Waals surface area contributed by atoms with Crippen molar-refractivity contribution in [1.29, 1.82) is 0 Å². The van der Waals surface area contributed by atoms with Crippen molar-refractivity contribution in [1.82, 2.24) is 20.9 Å². The zero-order chi connectivity index (χ0) is 30.7. The van der Waals surface area contributed by atoms with Crippen molar-refractivity contribution in [2.45, 2.75) is 62.7 Å². The maximum absolute atomic E-state index is 13.4. The van der Waals surface area contributed by atoms with Gasteiger partial charge in [-0.15, -0.1) is 0 Å². The van der Waals surface area contributed by atoms with Gasteiger partial charge in [0.25, 0.3) is 0 Å². The molecule has 41 heavy (non-hydrogen) atoms. The topological polar surface area (TPSA) is 296 Å². The molecular weight excluding hydrogens is 540 g/mol. The van der Waals surface area contributed by atoms with Gasteiger partial charge in [0.2, 0.25) is 35.4 Å². The predicted molar refractivity (Wildman–Crippen MR) is 144 cm³/mol. The fourth-order valence-electron chi connectivity index (χ4n) is 3.96. The molecule has 0 bridgehead atoms. The number of aromatic amines is 1. The van der Waals surface area contributed by atoms with Gasteiger partial charge in [-0.3, -0.25) is 28.8 Å². The fourth-order valence-corrected chi connectivity index (χ4v) is 3.96. The van der Waals surface area contributed by atoms with E-state index in [1.807, 2.05) is 0 Å². The molecule has 0 radical (unpaired) electrons. The molecule has 4 unspecified atom stereocenters. The van der Waals surface area contributed by atoms with Crippen molar-refractivity contribution in [3.05, 3.63) is 36.0 Å². The highest BCUT2D eigenvalue weighted by molar-refractivity contribution is 5.96. The first kappa shape index (κ1) is 32.2. The summed E-state index contributed by atoms with van der Waals surface area (Å²) in [6.45, 7) is 0. The van der Waals surface area contributed by atoms with Crippen LogP contribution in [0.4, 0.5) is 0 Å². The summed E-state index contributed by atoms with van der Waals surface area (Å²) in [6.07, 6.45) is -0.230. The fraction of sp³-hybridized carbons (Fsp3) is 0.400. The average Bonchev–Trinajstić information content (AvgIpc) is 3.30. The maximum atomic E-state index is 13.4. The van der Waals surface area contributed by atoms with Gasteiger partial charge in [-0.2, -0.15) is 0 Å². The molecule has 222 valence electrons. The smallest absolute Gasteiger partial charge is 0.326 e. The molecule has 13 N–H and O–H groups in total. The summed E-state index contributed by atoms with van der Waals surface area (Å²) in [5.41, 5.74) is 22.5. The molecule has 0 aliphatic carbocycles. The predicted octanol–water partition coefficient (Wildman–Crippen LogP) is -3.02. The summed E-state index contributed by atoms with van der Waals surface area (Å²) in [5.74, 6) is -6.57. The van der Waals surface area contributed by atoms with E-state index in [-0.39, 0.29) is 32.1 Å². The van der Waals surface area contributed by atoms with E-state index in [9.17, 15) is 38.7 Å². The quantitative estimate of drug-likeness (QED) is 0.0927. The van der Waals surface area contributed by atoms with Crippen LogP contribution in [0, 0.1) is 0 Å². The third-order valence-corrected chi connectivity index (χ3v) is 6.10. The highest BCUT2D eigenvalue weighted by Crippen LogP contribution is 2.19. The van der Waals surface area contributed by atoms with Gasteiger partial charge in [0.15, 0.2) is 0 Å². The van der Waals surface area contributed by atoms with Crippen LogP contribution in [0.1, 0.15) is 37.7 Å². The summed E-state index contributed by atoms with van der Waals surface area (Å²) >= 11 is 0. The van der Waals surface area contributed by atoms with Gasteiger partial charge in [0.1, 0.15) is 18.1 Å². The second-order valence-electron chi connectivity index (χ2n) is 9.37. The minimum absolute atomic E-state index is 0.0780. The van der Waals surface area contributed by atoms with Gasteiger partial charge >= 0.3 is 5.97 Å². The lowest BCUT2D eigenvalue weighted by molar-refractivity contribution is -0.142. The van der Waals surface area contributed by atoms with E-state index in [1.165, 1.54) is 0 Å². The molecule has 4 atom stereocenters. The molecule has 1 aromatic heterocycles. The van der Waals surface area contributed by atoms with Gasteiger partial charge in [-0.1, -0.05) is 18.2 Å². The van der Waals surface area contributed by atoms with E-state index in [1.54, 1.807) is 30.5 Å². The largest absolute Gasteiger partial charge is 0.480 e. The van der Waals surface area contributed by atoms with Gasteiger partial charge in [-0.25, -0.2) is 4.79 Å². The van der Waals surface area contributed by atoms with Crippen LogP contribution in [0.15, 0.2) is 30.5 Å². The van der Waals surface area contributed by atoms with E-state index >= 15 is 0 Å². The number of aromatic nitrogens is 1. The lowest BCUT2D eigenvalue weighted by Crippen LogP contribution is -2.58. The Bertz CT molecular complexity index is 1310. The molecule has 16 heteroatoms. The number of fused-ring (bicyclic) bond motifs is 1. The zero-order valence-corrected chi connectivity index (χ0v) is 22.1. The third kappa shape index (κ3) is 10.2. The Kier molecular flexibility index (Phi) is 11.8. The van der Waals surface area contributed by atoms with Crippen molar-refractivity contribution >= 4 is 52.3 Å². The van der Waals surface area contributed by atoms with E-state index < -0.39 is 72.0 Å². The molecule has 2 aromatic rings. The highest BCUT2D eigenvalue weighted by Gasteiger charge is 2.31. The molecule has 2 rings (SSSR count). The molecule has 0 saturated heterocycles. The van der Waals surface area contributed by atoms with Gasteiger partial charge in [0.05, 0.1) is 12.5 Å². The lowest BCUT2D eigenvalue weighted by atomic mass is 10.0. The molecular formula is C25H34N8O8. The molecule has 0 fully saturated rings. The van der Waals surface area contributed by atoms with Crippen LogP contribution in [0.25, 0.3) is 10.9 Å². The number of H-pyrrole nitrogens is 1. The van der Waals surface area contributed by atoms with Crippen molar-refractivity contribution in [3.8, 4) is 0 Å². The van der Waals surface area contributed by atoms with E-state index in [4.69, 9.17) is 22.9 Å². The molecule has 0 spiro atoms. The maximum Gasteiger partial charge on any atom is 0.326 e. The summed E-state index contributed by atoms with van der Waals surface area (Å²) in [4.78, 5) is 87.5. The van der Waals surface area contributed by atoms with Crippen molar-refractivity contribution < 1.29 is 38.7 Å². The van der Waals surface area contributed by atoms with Crippen molar-refractivity contribution in [2.24, 2.45) is 22.9 Å². The monoisotopic (exact) mass is 574 g/mol. The molecule has 16 nitrogen and oxygen atoms in total. The summed E-state index contributed by atoms with van der Waals surface area (Å²) in [7, 11) is 0. The number of nitrogens with two attached hydrogens (primary N) is 4. The first-order valence-electron chi connectivity index (χ1n) is 12.6. The second-order valence-corrected chi connectivity index (χ2v) is 9.37. The number of carboxylic acids is 1.